The van der Waals surface area contributed by atoms with Crippen molar-refractivity contribution in [1.82, 2.24) is 9.97 Å². The van der Waals surface area contributed by atoms with Crippen molar-refractivity contribution < 1.29 is 4.74 Å². The number of aromatic nitrogens is 2. The van der Waals surface area contributed by atoms with Gasteiger partial charge in [0.05, 0.1) is 13.3 Å². The monoisotopic (exact) mass is 243 g/mol. The largest absolute Gasteiger partial charge is 0.494 e. The molecular formula is C14H17N3O. The van der Waals surface area contributed by atoms with Gasteiger partial charge in [0.2, 0.25) is 0 Å². The molecule has 0 aliphatic heterocycles. The van der Waals surface area contributed by atoms with Crippen LogP contribution in [0.4, 0.5) is 5.82 Å². The number of pyridine rings is 2. The van der Waals surface area contributed by atoms with Crippen molar-refractivity contribution in [3.63, 3.8) is 0 Å². The first-order chi connectivity index (χ1) is 8.63. The molecule has 0 unspecified atom stereocenters. The van der Waals surface area contributed by atoms with Gasteiger partial charge in [-0.05, 0) is 25.1 Å². The molecule has 0 radical (unpaired) electrons. The summed E-state index contributed by atoms with van der Waals surface area (Å²) in [5.41, 5.74) is 3.02. The van der Waals surface area contributed by atoms with Crippen molar-refractivity contribution >= 4 is 5.82 Å². The van der Waals surface area contributed by atoms with Crippen LogP contribution in [0.2, 0.25) is 0 Å². The highest BCUT2D eigenvalue weighted by Crippen LogP contribution is 2.34. The number of aryl methyl sites for hydroxylation is 1. The highest BCUT2D eigenvalue weighted by molar-refractivity contribution is 5.79. The summed E-state index contributed by atoms with van der Waals surface area (Å²) in [5, 5.41) is 0. The van der Waals surface area contributed by atoms with E-state index in [2.05, 4.69) is 9.97 Å². The van der Waals surface area contributed by atoms with Gasteiger partial charge < -0.3 is 9.64 Å². The molecule has 4 heteroatoms. The van der Waals surface area contributed by atoms with Crippen LogP contribution in [0, 0.1) is 6.92 Å². The Morgan fingerprint density at radius 2 is 1.94 bits per heavy atom. The average molecular weight is 243 g/mol. The maximum Gasteiger partial charge on any atom is 0.145 e. The van der Waals surface area contributed by atoms with Crippen LogP contribution < -0.4 is 9.64 Å². The SMILES string of the molecule is COc1cnc(C)cc1-c1cccnc1N(C)C. The minimum Gasteiger partial charge on any atom is -0.494 e. The Hall–Kier alpha value is -2.10. The highest BCUT2D eigenvalue weighted by atomic mass is 16.5. The molecule has 0 amide bonds. The molecule has 0 atom stereocenters. The van der Waals surface area contributed by atoms with Crippen LogP contribution in [0.15, 0.2) is 30.6 Å². The summed E-state index contributed by atoms with van der Waals surface area (Å²) in [6, 6.07) is 5.99. The molecule has 2 aromatic heterocycles. The zero-order valence-electron chi connectivity index (χ0n) is 11.1. The molecule has 2 heterocycles. The van der Waals surface area contributed by atoms with Crippen LogP contribution in [0.25, 0.3) is 11.1 Å². The second-order valence-corrected chi connectivity index (χ2v) is 4.29. The lowest BCUT2D eigenvalue weighted by atomic mass is 10.1. The fraction of sp³-hybridized carbons (Fsp3) is 0.286. The number of nitrogens with zero attached hydrogens (tertiary/aromatic N) is 3. The zero-order valence-corrected chi connectivity index (χ0v) is 11.1. The summed E-state index contributed by atoms with van der Waals surface area (Å²) < 4.78 is 5.38. The van der Waals surface area contributed by atoms with Crippen LogP contribution >= 0.6 is 0 Å². The fourth-order valence-corrected chi connectivity index (χ4v) is 1.88. The van der Waals surface area contributed by atoms with Gasteiger partial charge >= 0.3 is 0 Å². The Morgan fingerprint density at radius 1 is 1.17 bits per heavy atom. The number of anilines is 1. The van der Waals surface area contributed by atoms with Crippen LogP contribution in [0.5, 0.6) is 5.75 Å². The lowest BCUT2D eigenvalue weighted by molar-refractivity contribution is 0.414. The van der Waals surface area contributed by atoms with Gasteiger partial charge in [-0.3, -0.25) is 4.98 Å². The molecule has 2 aromatic rings. The Kier molecular flexibility index (Phi) is 3.46. The Bertz CT molecular complexity index is 552. The predicted molar refractivity (Wildman–Crippen MR) is 73.1 cm³/mol. The van der Waals surface area contributed by atoms with Gasteiger partial charge in [-0.2, -0.15) is 0 Å². The molecule has 0 spiro atoms. The van der Waals surface area contributed by atoms with Crippen LogP contribution in [-0.4, -0.2) is 31.2 Å². The first-order valence-corrected chi connectivity index (χ1v) is 5.77. The summed E-state index contributed by atoms with van der Waals surface area (Å²) in [7, 11) is 5.61. The van der Waals surface area contributed by atoms with Crippen molar-refractivity contribution in [2.24, 2.45) is 0 Å². The number of hydrogen-bond acceptors (Lipinski definition) is 4. The third kappa shape index (κ3) is 2.27. The van der Waals surface area contributed by atoms with Gasteiger partial charge in [-0.15, -0.1) is 0 Å². The molecule has 0 saturated carbocycles. The molecule has 0 saturated heterocycles. The first-order valence-electron chi connectivity index (χ1n) is 5.77. The summed E-state index contributed by atoms with van der Waals surface area (Å²) in [6.45, 7) is 1.97. The summed E-state index contributed by atoms with van der Waals surface area (Å²) in [6.07, 6.45) is 3.54. The quantitative estimate of drug-likeness (QED) is 0.830. The average Bonchev–Trinajstić information content (AvgIpc) is 2.38. The molecule has 94 valence electrons. The summed E-state index contributed by atoms with van der Waals surface area (Å²) in [5.74, 6) is 1.68. The molecule has 0 fully saturated rings. The second-order valence-electron chi connectivity index (χ2n) is 4.29. The number of ether oxygens (including phenoxy) is 1. The van der Waals surface area contributed by atoms with E-state index in [4.69, 9.17) is 4.74 Å². The molecule has 0 N–H and O–H groups in total. The van der Waals surface area contributed by atoms with Gasteiger partial charge in [0.15, 0.2) is 0 Å². The number of rotatable bonds is 3. The van der Waals surface area contributed by atoms with E-state index in [-0.39, 0.29) is 0 Å². The van der Waals surface area contributed by atoms with E-state index < -0.39 is 0 Å². The standard InChI is InChI=1S/C14H17N3O/c1-10-8-12(13(18-4)9-16-10)11-6-5-7-15-14(11)17(2)3/h5-9H,1-4H3. The Morgan fingerprint density at radius 3 is 2.61 bits per heavy atom. The van der Waals surface area contributed by atoms with E-state index >= 15 is 0 Å². The van der Waals surface area contributed by atoms with E-state index in [1.54, 1.807) is 19.5 Å². The predicted octanol–water partition coefficient (Wildman–Crippen LogP) is 2.53. The second kappa shape index (κ2) is 5.04. The van der Waals surface area contributed by atoms with Crippen LogP contribution in [0.3, 0.4) is 0 Å². The van der Waals surface area contributed by atoms with E-state index in [9.17, 15) is 0 Å². The Labute approximate surface area is 107 Å². The number of methoxy groups -OCH3 is 1. The van der Waals surface area contributed by atoms with Gasteiger partial charge in [-0.1, -0.05) is 0 Å². The summed E-state index contributed by atoms with van der Waals surface area (Å²) >= 11 is 0. The van der Waals surface area contributed by atoms with Crippen molar-refractivity contribution in [2.75, 3.05) is 26.1 Å². The molecule has 0 aliphatic carbocycles. The third-order valence-electron chi connectivity index (χ3n) is 2.72. The summed E-state index contributed by atoms with van der Waals surface area (Å²) in [4.78, 5) is 10.7. The number of hydrogen-bond donors (Lipinski definition) is 0. The smallest absolute Gasteiger partial charge is 0.145 e. The normalized spacial score (nSPS) is 10.2. The van der Waals surface area contributed by atoms with Crippen molar-refractivity contribution in [2.45, 2.75) is 6.92 Å². The molecule has 18 heavy (non-hydrogen) atoms. The van der Waals surface area contributed by atoms with Gasteiger partial charge in [-0.25, -0.2) is 4.98 Å². The molecule has 4 nitrogen and oxygen atoms in total. The fourth-order valence-electron chi connectivity index (χ4n) is 1.88. The molecule has 0 bridgehead atoms. The minimum atomic E-state index is 0.761. The highest BCUT2D eigenvalue weighted by Gasteiger charge is 2.13. The lowest BCUT2D eigenvalue weighted by Crippen LogP contribution is -2.12. The van der Waals surface area contributed by atoms with Crippen molar-refractivity contribution in [3.8, 4) is 16.9 Å². The Balaban J connectivity index is 2.64. The zero-order chi connectivity index (χ0) is 13.1. The van der Waals surface area contributed by atoms with E-state index in [0.717, 1.165) is 28.4 Å². The van der Waals surface area contributed by atoms with Gasteiger partial charge in [0, 0.05) is 37.1 Å². The van der Waals surface area contributed by atoms with Crippen molar-refractivity contribution in [3.05, 3.63) is 36.3 Å². The maximum absolute atomic E-state index is 5.38. The first kappa shape index (κ1) is 12.4. The van der Waals surface area contributed by atoms with Crippen molar-refractivity contribution in [1.29, 1.82) is 0 Å². The van der Waals surface area contributed by atoms with E-state index in [0.29, 0.717) is 0 Å². The molecule has 0 aliphatic rings. The van der Waals surface area contributed by atoms with E-state index in [1.807, 2.05) is 44.1 Å². The molecular weight excluding hydrogens is 226 g/mol. The third-order valence-corrected chi connectivity index (χ3v) is 2.72. The minimum absolute atomic E-state index is 0.761. The van der Waals surface area contributed by atoms with Crippen LogP contribution in [-0.2, 0) is 0 Å². The topological polar surface area (TPSA) is 38.3 Å². The van der Waals surface area contributed by atoms with E-state index in [1.165, 1.54) is 0 Å². The van der Waals surface area contributed by atoms with Crippen LogP contribution in [0.1, 0.15) is 5.69 Å². The molecule has 2 rings (SSSR count). The van der Waals surface area contributed by atoms with Gasteiger partial charge in [0.25, 0.3) is 0 Å². The lowest BCUT2D eigenvalue weighted by Gasteiger charge is -2.17. The molecule has 0 aromatic carbocycles. The van der Waals surface area contributed by atoms with Gasteiger partial charge in [0.1, 0.15) is 11.6 Å². The maximum atomic E-state index is 5.38.